The Morgan fingerprint density at radius 2 is 1.40 bits per heavy atom. The van der Waals surface area contributed by atoms with Gasteiger partial charge in [-0.25, -0.2) is 4.79 Å². The number of hydrogen-bond acceptors (Lipinski definition) is 6. The van der Waals surface area contributed by atoms with Gasteiger partial charge in [-0.1, -0.05) is 122 Å². The van der Waals surface area contributed by atoms with Crippen molar-refractivity contribution in [2.24, 2.45) is 21.1 Å². The molecule has 53 heavy (non-hydrogen) atoms. The Balaban J connectivity index is 1.19. The van der Waals surface area contributed by atoms with Gasteiger partial charge in [-0.3, -0.25) is 0 Å². The summed E-state index contributed by atoms with van der Waals surface area (Å²) in [5, 5.41) is 15.2. The van der Waals surface area contributed by atoms with E-state index in [9.17, 15) is 4.79 Å². The number of anilines is 1. The Morgan fingerprint density at radius 3 is 2.04 bits per heavy atom. The van der Waals surface area contributed by atoms with Crippen LogP contribution in [0.1, 0.15) is 116 Å². The second kappa shape index (κ2) is 20.1. The van der Waals surface area contributed by atoms with Gasteiger partial charge in [-0.05, 0) is 103 Å². The topological polar surface area (TPSA) is 72.3 Å². The van der Waals surface area contributed by atoms with Gasteiger partial charge in [0.25, 0.3) is 0 Å². The fraction of sp³-hybridized carbons (Fsp3) is 0.468. The lowest BCUT2D eigenvalue weighted by Crippen LogP contribution is -2.30. The molecule has 4 rings (SSSR count). The van der Waals surface area contributed by atoms with Crippen LogP contribution in [0, 0.1) is 17.8 Å². The maximum absolute atomic E-state index is 11.4. The normalized spacial score (nSPS) is 12.0. The van der Waals surface area contributed by atoms with E-state index in [1.165, 1.54) is 48.8 Å². The third-order valence-corrected chi connectivity index (χ3v) is 10.8. The highest BCUT2D eigenvalue weighted by atomic mass is 16.5. The van der Waals surface area contributed by atoms with Crippen LogP contribution in [0.4, 0.5) is 17.1 Å². The monoisotopic (exact) mass is 717 g/mol. The van der Waals surface area contributed by atoms with Crippen LogP contribution in [0.2, 0.25) is 0 Å². The molecule has 284 valence electrons. The number of rotatable bonds is 21. The number of nitrogens with one attached hydrogen (secondary N) is 1. The standard InChI is InChI=1S/C47H63N3O3/c1-35(2)45(51)53-32-18-14-12-10-9-11-13-17-31-52-40-25-21-37(22-26-40)34-48-43-27-28-44(42-20-16-15-19-41(42)43)50-49-39-24-23-38(36(3)33-39)29-30-47(7,8)46(4,5)6/h15-16,19-28,33,48H,1,9-14,17-18,29-32,34H2,2-8H3. The maximum atomic E-state index is 11.4. The van der Waals surface area contributed by atoms with Crippen LogP contribution in [0.15, 0.2) is 101 Å². The minimum Gasteiger partial charge on any atom is -0.494 e. The predicted octanol–water partition coefficient (Wildman–Crippen LogP) is 13.8. The van der Waals surface area contributed by atoms with Crippen molar-refractivity contribution in [3.05, 3.63) is 108 Å². The van der Waals surface area contributed by atoms with E-state index in [1.807, 2.05) is 6.07 Å². The van der Waals surface area contributed by atoms with Crippen molar-refractivity contribution >= 4 is 33.8 Å². The molecule has 0 unspecified atom stereocenters. The molecule has 0 aliphatic heterocycles. The van der Waals surface area contributed by atoms with Crippen molar-refractivity contribution in [2.75, 3.05) is 18.5 Å². The Hall–Kier alpha value is -4.45. The van der Waals surface area contributed by atoms with Crippen LogP contribution in [0.3, 0.4) is 0 Å². The van der Waals surface area contributed by atoms with E-state index in [4.69, 9.17) is 14.6 Å². The first-order valence-electron chi connectivity index (χ1n) is 19.7. The van der Waals surface area contributed by atoms with Crippen LogP contribution in [-0.4, -0.2) is 19.2 Å². The zero-order valence-electron chi connectivity index (χ0n) is 33.5. The molecule has 4 aromatic carbocycles. The summed E-state index contributed by atoms with van der Waals surface area (Å²) >= 11 is 0. The van der Waals surface area contributed by atoms with Crippen molar-refractivity contribution in [1.82, 2.24) is 0 Å². The summed E-state index contributed by atoms with van der Waals surface area (Å²) in [7, 11) is 0. The minimum absolute atomic E-state index is 0.259. The molecule has 0 fully saturated rings. The number of benzene rings is 4. The summed E-state index contributed by atoms with van der Waals surface area (Å²) in [6, 6.07) is 27.4. The summed E-state index contributed by atoms with van der Waals surface area (Å²) in [5.74, 6) is 0.626. The molecule has 0 saturated heterocycles. The smallest absolute Gasteiger partial charge is 0.333 e. The molecule has 4 aromatic rings. The molecule has 0 aliphatic rings. The molecule has 1 N–H and O–H groups in total. The summed E-state index contributed by atoms with van der Waals surface area (Å²) < 4.78 is 11.2. The molecular formula is C47H63N3O3. The van der Waals surface area contributed by atoms with Gasteiger partial charge in [0.1, 0.15) is 5.75 Å². The van der Waals surface area contributed by atoms with Crippen molar-refractivity contribution < 1.29 is 14.3 Å². The molecule has 0 aliphatic carbocycles. The highest BCUT2D eigenvalue weighted by molar-refractivity contribution is 6.00. The highest BCUT2D eigenvalue weighted by Gasteiger charge is 2.32. The van der Waals surface area contributed by atoms with Crippen molar-refractivity contribution in [3.8, 4) is 5.75 Å². The molecule has 0 bridgehead atoms. The number of esters is 1. The highest BCUT2D eigenvalue weighted by Crippen LogP contribution is 2.42. The van der Waals surface area contributed by atoms with Gasteiger partial charge in [0, 0.05) is 28.6 Å². The molecule has 6 heteroatoms. The average Bonchev–Trinajstić information content (AvgIpc) is 3.13. The largest absolute Gasteiger partial charge is 0.494 e. The lowest BCUT2D eigenvalue weighted by atomic mass is 9.66. The third-order valence-electron chi connectivity index (χ3n) is 10.8. The van der Waals surface area contributed by atoms with E-state index < -0.39 is 0 Å². The molecule has 0 atom stereocenters. The van der Waals surface area contributed by atoms with Crippen molar-refractivity contribution in [1.29, 1.82) is 0 Å². The Labute approximate surface area is 319 Å². The first kappa shape index (κ1) is 41.3. The SMILES string of the molecule is C=C(C)C(=O)OCCCCCCCCCCOc1ccc(CNc2ccc(N=Nc3ccc(CCC(C)(C)C(C)(C)C)c(C)c3)c3ccccc23)cc1. The maximum Gasteiger partial charge on any atom is 0.333 e. The van der Waals surface area contributed by atoms with E-state index >= 15 is 0 Å². The zero-order valence-corrected chi connectivity index (χ0v) is 33.5. The van der Waals surface area contributed by atoms with Gasteiger partial charge < -0.3 is 14.8 Å². The zero-order chi connectivity index (χ0) is 38.3. The lowest BCUT2D eigenvalue weighted by molar-refractivity contribution is -0.139. The van der Waals surface area contributed by atoms with Crippen LogP contribution >= 0.6 is 0 Å². The first-order valence-corrected chi connectivity index (χ1v) is 19.7. The summed E-state index contributed by atoms with van der Waals surface area (Å²) in [5.41, 5.74) is 7.64. The van der Waals surface area contributed by atoms with Gasteiger partial charge in [0.15, 0.2) is 0 Å². The van der Waals surface area contributed by atoms with Gasteiger partial charge in [0.2, 0.25) is 0 Å². The van der Waals surface area contributed by atoms with Crippen molar-refractivity contribution in [2.45, 2.75) is 119 Å². The molecule has 0 amide bonds. The third kappa shape index (κ3) is 13.2. The number of ether oxygens (including phenoxy) is 2. The summed E-state index contributed by atoms with van der Waals surface area (Å²) in [6.45, 7) is 21.1. The van der Waals surface area contributed by atoms with E-state index in [0.29, 0.717) is 18.7 Å². The molecule has 0 spiro atoms. The number of unbranched alkanes of at least 4 members (excludes halogenated alkanes) is 7. The first-order chi connectivity index (χ1) is 25.3. The van der Waals surface area contributed by atoms with E-state index in [-0.39, 0.29) is 16.8 Å². The fourth-order valence-electron chi connectivity index (χ4n) is 6.12. The number of carbonyl (C=O) groups is 1. The number of azo groups is 1. The number of nitrogens with zero attached hydrogens (tertiary/aromatic N) is 2. The van der Waals surface area contributed by atoms with Gasteiger partial charge in [-0.15, -0.1) is 5.11 Å². The van der Waals surface area contributed by atoms with E-state index in [2.05, 4.69) is 131 Å². The predicted molar refractivity (Wildman–Crippen MR) is 223 cm³/mol. The van der Waals surface area contributed by atoms with Crippen LogP contribution in [0.25, 0.3) is 10.8 Å². The molecule has 0 saturated carbocycles. The van der Waals surface area contributed by atoms with Gasteiger partial charge in [0.05, 0.1) is 24.6 Å². The van der Waals surface area contributed by atoms with Crippen LogP contribution in [0.5, 0.6) is 5.75 Å². The fourth-order valence-corrected chi connectivity index (χ4v) is 6.12. The van der Waals surface area contributed by atoms with Crippen LogP contribution in [-0.2, 0) is 22.5 Å². The summed E-state index contributed by atoms with van der Waals surface area (Å²) in [6.07, 6.45) is 11.3. The van der Waals surface area contributed by atoms with E-state index in [0.717, 1.165) is 72.3 Å². The molecule has 0 radical (unpaired) electrons. The molecule has 0 aromatic heterocycles. The molecular weight excluding hydrogens is 655 g/mol. The van der Waals surface area contributed by atoms with E-state index in [1.54, 1.807) is 6.92 Å². The molecule has 0 heterocycles. The Morgan fingerprint density at radius 1 is 0.755 bits per heavy atom. The van der Waals surface area contributed by atoms with Gasteiger partial charge >= 0.3 is 5.97 Å². The second-order valence-corrected chi connectivity index (χ2v) is 16.2. The molecule has 6 nitrogen and oxygen atoms in total. The minimum atomic E-state index is -0.286. The quantitative estimate of drug-likeness (QED) is 0.0403. The number of hydrogen-bond donors (Lipinski definition) is 1. The number of carbonyl (C=O) groups excluding carboxylic acids is 1. The number of aryl methyl sites for hydroxylation is 2. The van der Waals surface area contributed by atoms with Crippen molar-refractivity contribution in [3.63, 3.8) is 0 Å². The number of fused-ring (bicyclic) bond motifs is 1. The average molecular weight is 718 g/mol. The Kier molecular flexibility index (Phi) is 15.7. The second-order valence-electron chi connectivity index (χ2n) is 16.2. The van der Waals surface area contributed by atoms with Crippen LogP contribution < -0.4 is 10.1 Å². The van der Waals surface area contributed by atoms with Gasteiger partial charge in [-0.2, -0.15) is 5.11 Å². The summed E-state index contributed by atoms with van der Waals surface area (Å²) in [4.78, 5) is 11.4. The lowest BCUT2D eigenvalue weighted by Gasteiger charge is -2.39. The Bertz CT molecular complexity index is 1800.